The van der Waals surface area contributed by atoms with Crippen LogP contribution in [0.1, 0.15) is 34.6 Å². The largest absolute Gasteiger partial charge is 0.451 e. The molecule has 8 heteroatoms. The molecule has 2 aromatic carbocycles. The molecular weight excluding hydrogens is 436 g/mol. The number of ether oxygens (including phenoxy) is 2. The van der Waals surface area contributed by atoms with E-state index in [1.165, 1.54) is 13.8 Å². The van der Waals surface area contributed by atoms with Crippen molar-refractivity contribution >= 4 is 45.3 Å². The van der Waals surface area contributed by atoms with E-state index in [1.54, 1.807) is 24.5 Å². The summed E-state index contributed by atoms with van der Waals surface area (Å²) in [5, 5.41) is 1.45. The first-order chi connectivity index (χ1) is 16.3. The lowest BCUT2D eigenvalue weighted by molar-refractivity contribution is -0.143. The molecule has 4 aromatic rings. The highest BCUT2D eigenvalue weighted by atomic mass is 16.6. The van der Waals surface area contributed by atoms with Crippen molar-refractivity contribution in [3.63, 3.8) is 0 Å². The Kier molecular flexibility index (Phi) is 6.40. The number of Topliss-reactive ketones (excluding diaryl/α,β-unsaturated/α-hetero) is 2. The fourth-order valence-electron chi connectivity index (χ4n) is 3.66. The van der Waals surface area contributed by atoms with Gasteiger partial charge in [0.1, 0.15) is 0 Å². The number of esters is 2. The van der Waals surface area contributed by atoms with Crippen LogP contribution in [0.3, 0.4) is 0 Å². The number of nitrogens with one attached hydrogen (secondary N) is 2. The van der Waals surface area contributed by atoms with Crippen molar-refractivity contribution in [3.05, 3.63) is 84.2 Å². The van der Waals surface area contributed by atoms with Gasteiger partial charge in [-0.3, -0.25) is 9.59 Å². The molecule has 2 heterocycles. The Morgan fingerprint density at radius 3 is 1.47 bits per heavy atom. The number of carbonyl (C=O) groups excluding carboxylic acids is 4. The van der Waals surface area contributed by atoms with Crippen molar-refractivity contribution < 1.29 is 28.7 Å². The quantitative estimate of drug-likeness (QED) is 0.233. The number of H-pyrrole nitrogens is 2. The van der Waals surface area contributed by atoms with Gasteiger partial charge in [0.2, 0.25) is 11.6 Å². The Hall–Kier alpha value is -4.46. The number of aromatic amines is 2. The van der Waals surface area contributed by atoms with Gasteiger partial charge in [-0.2, -0.15) is 0 Å². The number of aromatic nitrogens is 2. The fraction of sp³-hybridized carbons (Fsp3) is 0.154. The van der Waals surface area contributed by atoms with E-state index in [9.17, 15) is 19.2 Å². The summed E-state index contributed by atoms with van der Waals surface area (Å²) in [7, 11) is 0. The number of para-hydroxylation sites is 2. The highest BCUT2D eigenvalue weighted by Crippen LogP contribution is 2.21. The van der Waals surface area contributed by atoms with Crippen molar-refractivity contribution in [1.82, 2.24) is 9.97 Å². The Morgan fingerprint density at radius 2 is 1.06 bits per heavy atom. The van der Waals surface area contributed by atoms with Crippen LogP contribution in [0.4, 0.5) is 0 Å². The molecule has 2 aromatic heterocycles. The number of benzene rings is 2. The van der Waals surface area contributed by atoms with Crippen LogP contribution in [0.2, 0.25) is 0 Å². The van der Waals surface area contributed by atoms with Gasteiger partial charge in [-0.15, -0.1) is 0 Å². The zero-order chi connectivity index (χ0) is 24.2. The maximum Gasteiger partial charge on any atom is 0.331 e. The van der Waals surface area contributed by atoms with Gasteiger partial charge in [0.05, 0.1) is 0 Å². The second-order valence-corrected chi connectivity index (χ2v) is 7.72. The summed E-state index contributed by atoms with van der Waals surface area (Å²) in [5.41, 5.74) is 2.40. The summed E-state index contributed by atoms with van der Waals surface area (Å²) < 4.78 is 10.3. The minimum Gasteiger partial charge on any atom is -0.451 e. The standard InChI is InChI=1S/C26H22N2O6/c1-15(25(31)19-13-27-21-9-5-3-7-17(19)21)33-23(29)11-12-24(30)34-16(2)26(32)20-14-28-22-10-6-4-8-18(20)22/h3-16,27-28H,1-2H3/b12-11+. The van der Waals surface area contributed by atoms with E-state index in [2.05, 4.69) is 9.97 Å². The van der Waals surface area contributed by atoms with Gasteiger partial charge in [0, 0.05) is 57.5 Å². The molecule has 0 amide bonds. The number of rotatable bonds is 8. The summed E-state index contributed by atoms with van der Waals surface area (Å²) in [4.78, 5) is 55.5. The molecule has 0 bridgehead atoms. The van der Waals surface area contributed by atoms with Crippen molar-refractivity contribution in [2.45, 2.75) is 26.1 Å². The molecule has 2 unspecified atom stereocenters. The summed E-state index contributed by atoms with van der Waals surface area (Å²) in [6, 6.07) is 14.6. The second-order valence-electron chi connectivity index (χ2n) is 7.72. The minimum atomic E-state index is -1.06. The molecule has 2 N–H and O–H groups in total. The number of ketones is 2. The average molecular weight is 458 g/mol. The summed E-state index contributed by atoms with van der Waals surface area (Å²) in [5.74, 6) is -2.51. The number of fused-ring (bicyclic) bond motifs is 2. The molecule has 0 fully saturated rings. The van der Waals surface area contributed by atoms with Gasteiger partial charge in [-0.1, -0.05) is 36.4 Å². The van der Waals surface area contributed by atoms with E-state index < -0.39 is 24.1 Å². The first kappa shape index (κ1) is 22.7. The van der Waals surface area contributed by atoms with Gasteiger partial charge < -0.3 is 19.4 Å². The molecule has 8 nitrogen and oxygen atoms in total. The van der Waals surface area contributed by atoms with E-state index >= 15 is 0 Å². The Labute approximate surface area is 194 Å². The average Bonchev–Trinajstić information content (AvgIpc) is 3.46. The second kappa shape index (κ2) is 9.58. The lowest BCUT2D eigenvalue weighted by Crippen LogP contribution is -2.24. The molecular formula is C26H22N2O6. The van der Waals surface area contributed by atoms with Crippen LogP contribution in [-0.2, 0) is 19.1 Å². The molecule has 0 aliphatic rings. The smallest absolute Gasteiger partial charge is 0.331 e. The molecule has 0 saturated carbocycles. The fourth-order valence-corrected chi connectivity index (χ4v) is 3.66. The Morgan fingerprint density at radius 1 is 0.676 bits per heavy atom. The van der Waals surface area contributed by atoms with Gasteiger partial charge >= 0.3 is 11.9 Å². The van der Waals surface area contributed by atoms with Crippen LogP contribution in [0.15, 0.2) is 73.1 Å². The first-order valence-corrected chi connectivity index (χ1v) is 10.6. The van der Waals surface area contributed by atoms with E-state index in [0.29, 0.717) is 11.1 Å². The maximum atomic E-state index is 12.7. The van der Waals surface area contributed by atoms with Crippen LogP contribution in [-0.4, -0.2) is 45.7 Å². The van der Waals surface area contributed by atoms with E-state index in [-0.39, 0.29) is 11.6 Å². The number of hydrogen-bond acceptors (Lipinski definition) is 6. The van der Waals surface area contributed by atoms with Crippen LogP contribution in [0.25, 0.3) is 21.8 Å². The molecule has 172 valence electrons. The predicted octanol–water partition coefficient (Wildman–Crippen LogP) is 4.13. The third kappa shape index (κ3) is 4.66. The molecule has 2 atom stereocenters. The molecule has 0 saturated heterocycles. The Bertz CT molecular complexity index is 1320. The van der Waals surface area contributed by atoms with E-state index in [4.69, 9.17) is 9.47 Å². The Balaban J connectivity index is 1.33. The summed E-state index contributed by atoms with van der Waals surface area (Å²) in [6.07, 6.45) is 2.74. The van der Waals surface area contributed by atoms with Crippen molar-refractivity contribution in [2.75, 3.05) is 0 Å². The third-order valence-corrected chi connectivity index (χ3v) is 5.39. The van der Waals surface area contributed by atoms with Crippen LogP contribution < -0.4 is 0 Å². The van der Waals surface area contributed by atoms with E-state index in [1.807, 2.05) is 36.4 Å². The number of hydrogen-bond donors (Lipinski definition) is 2. The van der Waals surface area contributed by atoms with Crippen molar-refractivity contribution in [1.29, 1.82) is 0 Å². The van der Waals surface area contributed by atoms with Crippen LogP contribution in [0.5, 0.6) is 0 Å². The van der Waals surface area contributed by atoms with Crippen LogP contribution in [0, 0.1) is 0 Å². The molecule has 0 aliphatic carbocycles. The molecule has 0 aliphatic heterocycles. The SMILES string of the molecule is CC(OC(=O)/C=C/C(=O)OC(C)C(=O)c1c[nH]c2ccccc12)C(=O)c1c[nH]c2ccccc12. The summed E-state index contributed by atoms with van der Waals surface area (Å²) in [6.45, 7) is 2.91. The molecule has 0 radical (unpaired) electrons. The highest BCUT2D eigenvalue weighted by Gasteiger charge is 2.23. The number of carbonyl (C=O) groups is 4. The summed E-state index contributed by atoms with van der Waals surface area (Å²) >= 11 is 0. The molecule has 0 spiro atoms. The van der Waals surface area contributed by atoms with Gasteiger partial charge in [0.15, 0.2) is 12.2 Å². The molecule has 4 rings (SSSR count). The molecule has 34 heavy (non-hydrogen) atoms. The van der Waals surface area contributed by atoms with Gasteiger partial charge in [-0.05, 0) is 26.0 Å². The van der Waals surface area contributed by atoms with Gasteiger partial charge in [0.25, 0.3) is 0 Å². The zero-order valence-electron chi connectivity index (χ0n) is 18.5. The van der Waals surface area contributed by atoms with Crippen molar-refractivity contribution in [2.24, 2.45) is 0 Å². The highest BCUT2D eigenvalue weighted by molar-refractivity contribution is 6.11. The first-order valence-electron chi connectivity index (χ1n) is 10.6. The van der Waals surface area contributed by atoms with Gasteiger partial charge in [-0.25, -0.2) is 9.59 Å². The third-order valence-electron chi connectivity index (χ3n) is 5.39. The lowest BCUT2D eigenvalue weighted by atomic mass is 10.1. The lowest BCUT2D eigenvalue weighted by Gasteiger charge is -2.11. The zero-order valence-corrected chi connectivity index (χ0v) is 18.5. The predicted molar refractivity (Wildman–Crippen MR) is 126 cm³/mol. The minimum absolute atomic E-state index is 0.375. The maximum absolute atomic E-state index is 12.7. The normalized spacial score (nSPS) is 13.1. The van der Waals surface area contributed by atoms with E-state index in [0.717, 1.165) is 34.0 Å². The van der Waals surface area contributed by atoms with Crippen LogP contribution >= 0.6 is 0 Å². The monoisotopic (exact) mass is 458 g/mol. The van der Waals surface area contributed by atoms with Crippen molar-refractivity contribution in [3.8, 4) is 0 Å². The topological polar surface area (TPSA) is 118 Å².